The molecule has 0 saturated carbocycles. The highest BCUT2D eigenvalue weighted by Crippen LogP contribution is 2.25. The lowest BCUT2D eigenvalue weighted by Gasteiger charge is -2.13. The van der Waals surface area contributed by atoms with Crippen LogP contribution in [0.15, 0.2) is 18.2 Å². The summed E-state index contributed by atoms with van der Waals surface area (Å²) in [7, 11) is 0. The van der Waals surface area contributed by atoms with Crippen molar-refractivity contribution < 1.29 is 9.90 Å². The van der Waals surface area contributed by atoms with Gasteiger partial charge in [-0.15, -0.1) is 0 Å². The van der Waals surface area contributed by atoms with Crippen LogP contribution in [0, 0.1) is 5.92 Å². The van der Waals surface area contributed by atoms with Crippen molar-refractivity contribution in [1.29, 1.82) is 0 Å². The van der Waals surface area contributed by atoms with E-state index in [0.717, 1.165) is 0 Å². The highest BCUT2D eigenvalue weighted by molar-refractivity contribution is 6.34. The average Bonchev–Trinajstić information content (AvgIpc) is 2.25. The molecule has 0 aliphatic heterocycles. The third-order valence-corrected chi connectivity index (χ3v) is 2.79. The van der Waals surface area contributed by atoms with Crippen LogP contribution >= 0.6 is 23.2 Å². The van der Waals surface area contributed by atoms with Crippen LogP contribution in [0.5, 0.6) is 0 Å². The average molecular weight is 290 g/mol. The van der Waals surface area contributed by atoms with Gasteiger partial charge in [-0.25, -0.2) is 0 Å². The van der Waals surface area contributed by atoms with Gasteiger partial charge in [0.2, 0.25) is 5.91 Å². The summed E-state index contributed by atoms with van der Waals surface area (Å²) in [6, 6.07) is 4.79. The van der Waals surface area contributed by atoms with Crippen molar-refractivity contribution in [3.63, 3.8) is 0 Å². The number of carbonyl (C=O) groups excluding carboxylic acids is 1. The van der Waals surface area contributed by atoms with Gasteiger partial charge in [0.15, 0.2) is 0 Å². The first-order chi connectivity index (χ1) is 8.38. The fourth-order valence-electron chi connectivity index (χ4n) is 1.45. The number of hydrogen-bond donors (Lipinski definition) is 2. The first kappa shape index (κ1) is 15.3. The van der Waals surface area contributed by atoms with E-state index in [2.05, 4.69) is 5.32 Å². The van der Waals surface area contributed by atoms with Gasteiger partial charge < -0.3 is 10.4 Å². The minimum Gasteiger partial charge on any atom is -0.388 e. The quantitative estimate of drug-likeness (QED) is 0.875. The van der Waals surface area contributed by atoms with Gasteiger partial charge in [0.1, 0.15) is 0 Å². The molecular weight excluding hydrogens is 273 g/mol. The molecule has 1 unspecified atom stereocenters. The maximum atomic E-state index is 11.6. The third kappa shape index (κ3) is 5.25. The Morgan fingerprint density at radius 2 is 1.83 bits per heavy atom. The molecule has 1 amide bonds. The number of aliphatic hydroxyl groups excluding tert-OH is 1. The summed E-state index contributed by atoms with van der Waals surface area (Å²) in [6.07, 6.45) is -0.892. The highest BCUT2D eigenvalue weighted by Gasteiger charge is 2.14. The summed E-state index contributed by atoms with van der Waals surface area (Å²) < 4.78 is 0. The molecule has 1 aromatic rings. The summed E-state index contributed by atoms with van der Waals surface area (Å²) in [6.45, 7) is 4.61. The maximum absolute atomic E-state index is 11.6. The summed E-state index contributed by atoms with van der Waals surface area (Å²) in [5.41, 5.74) is 0.548. The number of aliphatic hydroxyl groups is 1. The Morgan fingerprint density at radius 3 is 2.33 bits per heavy atom. The van der Waals surface area contributed by atoms with Gasteiger partial charge in [0.25, 0.3) is 0 Å². The van der Waals surface area contributed by atoms with Crippen LogP contribution in [0.3, 0.4) is 0 Å². The molecule has 5 heteroatoms. The van der Waals surface area contributed by atoms with Crippen LogP contribution in [0.2, 0.25) is 10.0 Å². The molecule has 0 saturated heterocycles. The van der Waals surface area contributed by atoms with E-state index in [4.69, 9.17) is 23.2 Å². The number of amides is 1. The number of halogens is 2. The van der Waals surface area contributed by atoms with Gasteiger partial charge in [-0.3, -0.25) is 4.79 Å². The molecular formula is C13H17Cl2NO2. The van der Waals surface area contributed by atoms with Crippen LogP contribution in [-0.4, -0.2) is 17.6 Å². The van der Waals surface area contributed by atoms with Crippen molar-refractivity contribution in [1.82, 2.24) is 5.32 Å². The predicted octanol–water partition coefficient (Wildman–Crippen LogP) is 3.19. The van der Waals surface area contributed by atoms with Crippen molar-refractivity contribution in [2.24, 2.45) is 5.92 Å². The van der Waals surface area contributed by atoms with Crippen LogP contribution in [0.4, 0.5) is 0 Å². The molecule has 1 rings (SSSR count). The number of rotatable bonds is 5. The highest BCUT2D eigenvalue weighted by atomic mass is 35.5. The lowest BCUT2D eigenvalue weighted by molar-refractivity contribution is -0.123. The smallest absolute Gasteiger partial charge is 0.222 e. The molecule has 0 fully saturated rings. The molecule has 0 radical (unpaired) electrons. The second-order valence-electron chi connectivity index (χ2n) is 4.62. The molecule has 0 aromatic heterocycles. The van der Waals surface area contributed by atoms with Gasteiger partial charge in [0, 0.05) is 16.6 Å². The molecule has 0 bridgehead atoms. The number of nitrogens with one attached hydrogen (secondary N) is 1. The van der Waals surface area contributed by atoms with Crippen LogP contribution < -0.4 is 5.32 Å². The molecule has 0 aliphatic rings. The van der Waals surface area contributed by atoms with E-state index in [-0.39, 0.29) is 12.3 Å². The Hall–Kier alpha value is -0.770. The second-order valence-corrected chi connectivity index (χ2v) is 5.49. The minimum absolute atomic E-state index is 0.00336. The third-order valence-electron chi connectivity index (χ3n) is 2.36. The standard InChI is InChI=1S/C13H17Cl2NO2/c1-8(2)7-16-13(18)6-12(17)9-3-10(14)5-11(15)4-9/h3-5,8,12,17H,6-7H2,1-2H3,(H,16,18). The van der Waals surface area contributed by atoms with E-state index in [1.54, 1.807) is 18.2 Å². The zero-order chi connectivity index (χ0) is 13.7. The van der Waals surface area contributed by atoms with Crippen molar-refractivity contribution in [3.8, 4) is 0 Å². The van der Waals surface area contributed by atoms with E-state index in [1.807, 2.05) is 13.8 Å². The van der Waals surface area contributed by atoms with Crippen molar-refractivity contribution in [2.75, 3.05) is 6.54 Å². The molecule has 0 spiro atoms. The first-order valence-corrected chi connectivity index (χ1v) is 6.55. The van der Waals surface area contributed by atoms with Gasteiger partial charge >= 0.3 is 0 Å². The monoisotopic (exact) mass is 289 g/mol. The molecule has 1 aromatic carbocycles. The molecule has 1 atom stereocenters. The second kappa shape index (κ2) is 6.98. The Morgan fingerprint density at radius 1 is 1.28 bits per heavy atom. The van der Waals surface area contributed by atoms with E-state index in [1.165, 1.54) is 0 Å². The van der Waals surface area contributed by atoms with E-state index < -0.39 is 6.10 Å². The zero-order valence-electron chi connectivity index (χ0n) is 10.4. The van der Waals surface area contributed by atoms with Crippen LogP contribution in [0.25, 0.3) is 0 Å². The summed E-state index contributed by atoms with van der Waals surface area (Å²) in [5.74, 6) is 0.194. The topological polar surface area (TPSA) is 49.3 Å². The lowest BCUT2D eigenvalue weighted by atomic mass is 10.1. The number of hydrogen-bond acceptors (Lipinski definition) is 2. The fourth-order valence-corrected chi connectivity index (χ4v) is 1.99. The van der Waals surface area contributed by atoms with Gasteiger partial charge in [-0.05, 0) is 29.7 Å². The number of carbonyl (C=O) groups is 1. The predicted molar refractivity (Wildman–Crippen MR) is 73.9 cm³/mol. The van der Waals surface area contributed by atoms with Crippen molar-refractivity contribution in [2.45, 2.75) is 26.4 Å². The summed E-state index contributed by atoms with van der Waals surface area (Å²) >= 11 is 11.7. The minimum atomic E-state index is -0.895. The zero-order valence-corrected chi connectivity index (χ0v) is 11.9. The van der Waals surface area contributed by atoms with E-state index in [0.29, 0.717) is 28.1 Å². The normalized spacial score (nSPS) is 12.6. The van der Waals surface area contributed by atoms with Crippen LogP contribution in [0.1, 0.15) is 31.9 Å². The fraction of sp³-hybridized carbons (Fsp3) is 0.462. The molecule has 3 nitrogen and oxygen atoms in total. The molecule has 0 aliphatic carbocycles. The van der Waals surface area contributed by atoms with E-state index >= 15 is 0 Å². The molecule has 2 N–H and O–H groups in total. The lowest BCUT2D eigenvalue weighted by Crippen LogP contribution is -2.28. The van der Waals surface area contributed by atoms with Gasteiger partial charge in [0.05, 0.1) is 12.5 Å². The number of benzene rings is 1. The molecule has 100 valence electrons. The van der Waals surface area contributed by atoms with Gasteiger partial charge in [-0.1, -0.05) is 37.0 Å². The van der Waals surface area contributed by atoms with Gasteiger partial charge in [-0.2, -0.15) is 0 Å². The first-order valence-electron chi connectivity index (χ1n) is 5.79. The summed E-state index contributed by atoms with van der Waals surface area (Å²) in [4.78, 5) is 11.6. The largest absolute Gasteiger partial charge is 0.388 e. The maximum Gasteiger partial charge on any atom is 0.222 e. The van der Waals surface area contributed by atoms with E-state index in [9.17, 15) is 9.90 Å². The van der Waals surface area contributed by atoms with Crippen molar-refractivity contribution >= 4 is 29.1 Å². The Balaban J connectivity index is 2.59. The Labute approximate surface area is 117 Å². The molecule has 18 heavy (non-hydrogen) atoms. The SMILES string of the molecule is CC(C)CNC(=O)CC(O)c1cc(Cl)cc(Cl)c1. The molecule has 0 heterocycles. The van der Waals surface area contributed by atoms with Crippen molar-refractivity contribution in [3.05, 3.63) is 33.8 Å². The van der Waals surface area contributed by atoms with Crippen LogP contribution in [-0.2, 0) is 4.79 Å². The Bertz CT molecular complexity index is 401. The summed E-state index contributed by atoms with van der Waals surface area (Å²) in [5, 5.41) is 13.6. The Kier molecular flexibility index (Phi) is 5.93.